The predicted octanol–water partition coefficient (Wildman–Crippen LogP) is 5.94. The SMILES string of the molecule is CC(C)C(=O)Nc1cccc(C2CCN(C[C@@H](C)COc3ccc(Br)cc3)CC2)c1. The zero-order chi connectivity index (χ0) is 21.5. The lowest BCUT2D eigenvalue weighted by Crippen LogP contribution is -2.37. The number of hydrogen-bond donors (Lipinski definition) is 1. The summed E-state index contributed by atoms with van der Waals surface area (Å²) in [4.78, 5) is 14.5. The number of nitrogens with zero attached hydrogens (tertiary/aromatic N) is 1. The summed E-state index contributed by atoms with van der Waals surface area (Å²) in [5.41, 5.74) is 2.25. The van der Waals surface area contributed by atoms with Crippen molar-refractivity contribution < 1.29 is 9.53 Å². The lowest BCUT2D eigenvalue weighted by atomic mass is 9.89. The van der Waals surface area contributed by atoms with E-state index in [0.29, 0.717) is 11.8 Å². The summed E-state index contributed by atoms with van der Waals surface area (Å²) in [6.07, 6.45) is 2.31. The molecule has 0 aromatic heterocycles. The molecule has 0 bridgehead atoms. The zero-order valence-corrected chi connectivity index (χ0v) is 19.8. The Bertz CT molecular complexity index is 814. The van der Waals surface area contributed by atoms with E-state index in [1.165, 1.54) is 5.56 Å². The molecule has 1 N–H and O–H groups in total. The molecule has 1 saturated heterocycles. The van der Waals surface area contributed by atoms with Crippen LogP contribution in [0.25, 0.3) is 0 Å². The third-order valence-electron chi connectivity index (χ3n) is 5.66. The van der Waals surface area contributed by atoms with Crippen LogP contribution in [0.1, 0.15) is 45.1 Å². The largest absolute Gasteiger partial charge is 0.493 e. The highest BCUT2D eigenvalue weighted by Crippen LogP contribution is 2.30. The number of anilines is 1. The number of hydrogen-bond acceptors (Lipinski definition) is 3. The van der Waals surface area contributed by atoms with Gasteiger partial charge in [0.1, 0.15) is 5.75 Å². The Labute approximate surface area is 189 Å². The number of rotatable bonds is 8. The molecular weight excluding hydrogens is 440 g/mol. The maximum atomic E-state index is 12.0. The van der Waals surface area contributed by atoms with Gasteiger partial charge in [0.05, 0.1) is 6.61 Å². The molecule has 0 aliphatic carbocycles. The van der Waals surface area contributed by atoms with Crippen LogP contribution in [0.4, 0.5) is 5.69 Å². The van der Waals surface area contributed by atoms with Gasteiger partial charge >= 0.3 is 0 Å². The van der Waals surface area contributed by atoms with E-state index in [9.17, 15) is 4.79 Å². The molecule has 0 radical (unpaired) electrons. The van der Waals surface area contributed by atoms with Crippen LogP contribution in [0.15, 0.2) is 53.0 Å². The summed E-state index contributed by atoms with van der Waals surface area (Å²) in [7, 11) is 0. The molecule has 1 atom stereocenters. The molecular formula is C25H33BrN2O2. The maximum absolute atomic E-state index is 12.0. The first-order valence-electron chi connectivity index (χ1n) is 10.9. The van der Waals surface area contributed by atoms with E-state index in [4.69, 9.17) is 4.74 Å². The molecule has 5 heteroatoms. The van der Waals surface area contributed by atoms with Gasteiger partial charge in [0, 0.05) is 28.5 Å². The quantitative estimate of drug-likeness (QED) is 0.516. The second-order valence-corrected chi connectivity index (χ2v) is 9.63. The summed E-state index contributed by atoms with van der Waals surface area (Å²) < 4.78 is 7.00. The van der Waals surface area contributed by atoms with E-state index >= 15 is 0 Å². The molecule has 1 fully saturated rings. The maximum Gasteiger partial charge on any atom is 0.226 e. The van der Waals surface area contributed by atoms with Gasteiger partial charge in [-0.2, -0.15) is 0 Å². The van der Waals surface area contributed by atoms with Gasteiger partial charge in [-0.25, -0.2) is 0 Å². The van der Waals surface area contributed by atoms with Crippen molar-refractivity contribution in [1.82, 2.24) is 4.90 Å². The Morgan fingerprint density at radius 1 is 1.13 bits per heavy atom. The fourth-order valence-corrected chi connectivity index (χ4v) is 4.13. The van der Waals surface area contributed by atoms with Gasteiger partial charge in [-0.1, -0.05) is 48.8 Å². The Balaban J connectivity index is 1.44. The normalized spacial score (nSPS) is 16.4. The van der Waals surface area contributed by atoms with Crippen molar-refractivity contribution in [2.24, 2.45) is 11.8 Å². The van der Waals surface area contributed by atoms with E-state index in [1.807, 2.05) is 44.2 Å². The highest BCUT2D eigenvalue weighted by atomic mass is 79.9. The van der Waals surface area contributed by atoms with Gasteiger partial charge in [0.2, 0.25) is 5.91 Å². The Kier molecular flexibility index (Phi) is 8.34. The van der Waals surface area contributed by atoms with Gasteiger partial charge in [0.25, 0.3) is 0 Å². The number of likely N-dealkylation sites (tertiary alicyclic amines) is 1. The minimum Gasteiger partial charge on any atom is -0.493 e. The molecule has 3 rings (SSSR count). The van der Waals surface area contributed by atoms with Gasteiger partial charge < -0.3 is 15.0 Å². The predicted molar refractivity (Wildman–Crippen MR) is 127 cm³/mol. The molecule has 1 aliphatic heterocycles. The van der Waals surface area contributed by atoms with E-state index in [0.717, 1.165) is 55.0 Å². The van der Waals surface area contributed by atoms with Gasteiger partial charge in [0.15, 0.2) is 0 Å². The van der Waals surface area contributed by atoms with Crippen molar-refractivity contribution in [3.63, 3.8) is 0 Å². The van der Waals surface area contributed by atoms with Crippen LogP contribution < -0.4 is 10.1 Å². The van der Waals surface area contributed by atoms with Crippen LogP contribution >= 0.6 is 15.9 Å². The van der Waals surface area contributed by atoms with Crippen LogP contribution in [0.5, 0.6) is 5.75 Å². The third-order valence-corrected chi connectivity index (χ3v) is 6.18. The number of piperidine rings is 1. The van der Waals surface area contributed by atoms with E-state index in [1.54, 1.807) is 0 Å². The van der Waals surface area contributed by atoms with E-state index < -0.39 is 0 Å². The number of ether oxygens (including phenoxy) is 1. The topological polar surface area (TPSA) is 41.6 Å². The van der Waals surface area contributed by atoms with Gasteiger partial charge in [-0.15, -0.1) is 0 Å². The summed E-state index contributed by atoms with van der Waals surface area (Å²) >= 11 is 3.45. The van der Waals surface area contributed by atoms with Crippen molar-refractivity contribution >= 4 is 27.5 Å². The summed E-state index contributed by atoms with van der Waals surface area (Å²) in [6, 6.07) is 16.4. The van der Waals surface area contributed by atoms with Crippen molar-refractivity contribution in [2.45, 2.75) is 39.5 Å². The third kappa shape index (κ3) is 6.85. The van der Waals surface area contributed by atoms with Crippen molar-refractivity contribution in [1.29, 1.82) is 0 Å². The minimum atomic E-state index is -0.00775. The molecule has 2 aromatic carbocycles. The van der Waals surface area contributed by atoms with Crippen molar-refractivity contribution in [2.75, 3.05) is 31.6 Å². The fourth-order valence-electron chi connectivity index (χ4n) is 3.87. The van der Waals surface area contributed by atoms with Crippen LogP contribution in [-0.4, -0.2) is 37.0 Å². The van der Waals surface area contributed by atoms with Crippen LogP contribution in [-0.2, 0) is 4.79 Å². The number of nitrogens with one attached hydrogen (secondary N) is 1. The first-order valence-corrected chi connectivity index (χ1v) is 11.7. The van der Waals surface area contributed by atoms with E-state index in [2.05, 4.69) is 51.3 Å². The lowest BCUT2D eigenvalue weighted by Gasteiger charge is -2.33. The Morgan fingerprint density at radius 3 is 2.50 bits per heavy atom. The monoisotopic (exact) mass is 472 g/mol. The highest BCUT2D eigenvalue weighted by Gasteiger charge is 2.22. The zero-order valence-electron chi connectivity index (χ0n) is 18.2. The van der Waals surface area contributed by atoms with Gasteiger partial charge in [-0.3, -0.25) is 4.79 Å². The first-order chi connectivity index (χ1) is 14.4. The standard InChI is InChI=1S/C25H33BrN2O2/c1-18(2)25(29)27-23-6-4-5-21(15-23)20-11-13-28(14-12-20)16-19(3)17-30-24-9-7-22(26)8-10-24/h4-10,15,18-20H,11-14,16-17H2,1-3H3,(H,27,29)/t19-/m1/s1. The first kappa shape index (κ1) is 22.8. The molecule has 1 amide bonds. The molecule has 30 heavy (non-hydrogen) atoms. The molecule has 0 spiro atoms. The van der Waals surface area contributed by atoms with Crippen LogP contribution in [0, 0.1) is 11.8 Å². The van der Waals surface area contributed by atoms with Crippen LogP contribution in [0.3, 0.4) is 0 Å². The number of halogens is 1. The van der Waals surface area contributed by atoms with Crippen molar-refractivity contribution in [3.8, 4) is 5.75 Å². The number of amides is 1. The molecule has 0 unspecified atom stereocenters. The Morgan fingerprint density at radius 2 is 1.83 bits per heavy atom. The molecule has 162 valence electrons. The average molecular weight is 473 g/mol. The summed E-state index contributed by atoms with van der Waals surface area (Å²) in [6.45, 7) is 10.1. The smallest absolute Gasteiger partial charge is 0.226 e. The molecule has 0 saturated carbocycles. The summed E-state index contributed by atoms with van der Waals surface area (Å²) in [5.74, 6) is 2.03. The van der Waals surface area contributed by atoms with Crippen molar-refractivity contribution in [3.05, 3.63) is 58.6 Å². The molecule has 4 nitrogen and oxygen atoms in total. The minimum absolute atomic E-state index is 0.00775. The number of carbonyl (C=O) groups is 1. The highest BCUT2D eigenvalue weighted by molar-refractivity contribution is 9.10. The van der Waals surface area contributed by atoms with E-state index in [-0.39, 0.29) is 11.8 Å². The summed E-state index contributed by atoms with van der Waals surface area (Å²) in [5, 5.41) is 3.02. The lowest BCUT2D eigenvalue weighted by molar-refractivity contribution is -0.118. The molecule has 2 aromatic rings. The number of carbonyl (C=O) groups excluding carboxylic acids is 1. The molecule has 1 aliphatic rings. The molecule has 1 heterocycles. The van der Waals surface area contributed by atoms with Gasteiger partial charge in [-0.05, 0) is 73.8 Å². The fraction of sp³-hybridized carbons (Fsp3) is 0.480. The second kappa shape index (κ2) is 11.0. The Hall–Kier alpha value is -1.85. The average Bonchev–Trinajstić information content (AvgIpc) is 2.74. The number of benzene rings is 2. The van der Waals surface area contributed by atoms with Crippen LogP contribution in [0.2, 0.25) is 0 Å². The second-order valence-electron chi connectivity index (χ2n) is 8.71.